The molecule has 0 saturated heterocycles. The van der Waals surface area contributed by atoms with Crippen molar-refractivity contribution in [1.82, 2.24) is 9.55 Å². The van der Waals surface area contributed by atoms with E-state index in [0.29, 0.717) is 0 Å². The highest BCUT2D eigenvalue weighted by molar-refractivity contribution is 6.31. The predicted molar refractivity (Wildman–Crippen MR) is 95.4 cm³/mol. The fourth-order valence-electron chi connectivity index (χ4n) is 2.84. The van der Waals surface area contributed by atoms with Crippen molar-refractivity contribution >= 4 is 23.2 Å². The van der Waals surface area contributed by atoms with Crippen molar-refractivity contribution in [2.45, 2.75) is 19.3 Å². The number of imidazole rings is 1. The Morgan fingerprint density at radius 2 is 1.78 bits per heavy atom. The number of hydrogen-bond donors (Lipinski definition) is 0. The topological polar surface area (TPSA) is 17.8 Å². The van der Waals surface area contributed by atoms with Gasteiger partial charge in [0.1, 0.15) is 5.82 Å². The Hall–Kier alpha value is -1.77. The Morgan fingerprint density at radius 1 is 1.00 bits per heavy atom. The van der Waals surface area contributed by atoms with Gasteiger partial charge in [0.15, 0.2) is 0 Å². The van der Waals surface area contributed by atoms with Crippen molar-refractivity contribution in [2.24, 2.45) is 5.92 Å². The van der Waals surface area contributed by atoms with Crippen LogP contribution in [0.5, 0.6) is 0 Å². The number of halogens is 2. The molecule has 2 nitrogen and oxygen atoms in total. The van der Waals surface area contributed by atoms with E-state index in [9.17, 15) is 0 Å². The van der Waals surface area contributed by atoms with Gasteiger partial charge >= 0.3 is 0 Å². The lowest BCUT2D eigenvalue weighted by atomic mass is 10.1. The van der Waals surface area contributed by atoms with Gasteiger partial charge in [-0.2, -0.15) is 0 Å². The Bertz CT molecular complexity index is 833. The Morgan fingerprint density at radius 3 is 2.48 bits per heavy atom. The molecule has 4 heteroatoms. The second-order valence-corrected chi connectivity index (χ2v) is 6.90. The molecule has 23 heavy (non-hydrogen) atoms. The number of benzene rings is 2. The molecule has 3 aromatic rings. The monoisotopic (exact) mass is 342 g/mol. The highest BCUT2D eigenvalue weighted by Crippen LogP contribution is 2.35. The second kappa shape index (κ2) is 6.03. The highest BCUT2D eigenvalue weighted by Gasteiger charge is 2.25. The molecule has 1 saturated carbocycles. The van der Waals surface area contributed by atoms with Gasteiger partial charge in [0, 0.05) is 27.7 Å². The molecule has 4 rings (SSSR count). The van der Waals surface area contributed by atoms with Crippen LogP contribution in [-0.4, -0.2) is 9.55 Å². The maximum Gasteiger partial charge on any atom is 0.113 e. The zero-order valence-corrected chi connectivity index (χ0v) is 14.1. The number of nitrogens with zero attached hydrogens (tertiary/aromatic N) is 2. The largest absolute Gasteiger partial charge is 0.296 e. The van der Waals surface area contributed by atoms with Crippen molar-refractivity contribution in [2.75, 3.05) is 0 Å². The van der Waals surface area contributed by atoms with Gasteiger partial charge in [-0.1, -0.05) is 35.3 Å². The molecule has 0 spiro atoms. The summed E-state index contributed by atoms with van der Waals surface area (Å²) in [6.45, 7) is 0. The average molecular weight is 343 g/mol. The summed E-state index contributed by atoms with van der Waals surface area (Å²) in [5.74, 6) is 1.88. The lowest BCUT2D eigenvalue weighted by Gasteiger charge is -2.13. The van der Waals surface area contributed by atoms with Crippen LogP contribution in [0.1, 0.15) is 18.7 Å². The molecule has 0 unspecified atom stereocenters. The molecular weight excluding hydrogens is 327 g/mol. The zero-order valence-electron chi connectivity index (χ0n) is 12.5. The van der Waals surface area contributed by atoms with Crippen LogP contribution >= 0.6 is 23.2 Å². The molecule has 1 heterocycles. The summed E-state index contributed by atoms with van der Waals surface area (Å²) >= 11 is 12.2. The van der Waals surface area contributed by atoms with Gasteiger partial charge < -0.3 is 0 Å². The Balaban J connectivity index is 1.85. The fourth-order valence-corrected chi connectivity index (χ4v) is 3.16. The molecule has 0 aliphatic heterocycles. The SMILES string of the molecule is Clc1ccc(-n2c(-c3cccc(Cl)c3)cnc2CC2CC2)cc1. The predicted octanol–water partition coefficient (Wildman–Crippen LogP) is 5.80. The quantitative estimate of drug-likeness (QED) is 0.585. The first-order valence-electron chi connectivity index (χ1n) is 7.79. The average Bonchev–Trinajstić information content (AvgIpc) is 3.26. The summed E-state index contributed by atoms with van der Waals surface area (Å²) < 4.78 is 2.22. The lowest BCUT2D eigenvalue weighted by molar-refractivity contribution is 0.754. The minimum absolute atomic E-state index is 0.732. The number of aromatic nitrogens is 2. The van der Waals surface area contributed by atoms with Crippen LogP contribution in [0, 0.1) is 5.92 Å². The van der Waals surface area contributed by atoms with Crippen LogP contribution < -0.4 is 0 Å². The molecule has 0 radical (unpaired) electrons. The van der Waals surface area contributed by atoms with E-state index in [4.69, 9.17) is 23.2 Å². The van der Waals surface area contributed by atoms with Gasteiger partial charge in [-0.05, 0) is 55.2 Å². The van der Waals surface area contributed by atoms with Crippen LogP contribution in [-0.2, 0) is 6.42 Å². The molecule has 0 N–H and O–H groups in total. The van der Waals surface area contributed by atoms with Crippen molar-refractivity contribution in [3.05, 3.63) is 70.6 Å². The van der Waals surface area contributed by atoms with Crippen LogP contribution in [0.3, 0.4) is 0 Å². The van der Waals surface area contributed by atoms with Crippen molar-refractivity contribution in [1.29, 1.82) is 0 Å². The molecule has 1 aliphatic carbocycles. The van der Waals surface area contributed by atoms with Gasteiger partial charge in [-0.3, -0.25) is 4.57 Å². The maximum atomic E-state index is 6.17. The summed E-state index contributed by atoms with van der Waals surface area (Å²) in [5, 5.41) is 1.47. The first-order valence-corrected chi connectivity index (χ1v) is 8.55. The summed E-state index contributed by atoms with van der Waals surface area (Å²) in [6.07, 6.45) is 5.57. The van der Waals surface area contributed by atoms with Gasteiger partial charge in [-0.25, -0.2) is 4.98 Å². The van der Waals surface area contributed by atoms with E-state index in [1.54, 1.807) is 0 Å². The smallest absolute Gasteiger partial charge is 0.113 e. The number of rotatable bonds is 4. The third kappa shape index (κ3) is 3.15. The first-order chi connectivity index (χ1) is 11.2. The van der Waals surface area contributed by atoms with Crippen LogP contribution in [0.25, 0.3) is 16.9 Å². The van der Waals surface area contributed by atoms with Crippen LogP contribution in [0.4, 0.5) is 0 Å². The normalized spacial score (nSPS) is 14.2. The maximum absolute atomic E-state index is 6.17. The van der Waals surface area contributed by atoms with Gasteiger partial charge in [-0.15, -0.1) is 0 Å². The van der Waals surface area contributed by atoms with E-state index in [-0.39, 0.29) is 0 Å². The molecule has 0 bridgehead atoms. The Labute approximate surface area is 145 Å². The van der Waals surface area contributed by atoms with Crippen LogP contribution in [0.15, 0.2) is 54.7 Å². The van der Waals surface area contributed by atoms with E-state index >= 15 is 0 Å². The third-order valence-corrected chi connectivity index (χ3v) is 4.70. The van der Waals surface area contributed by atoms with E-state index in [0.717, 1.165) is 45.2 Å². The number of hydrogen-bond acceptors (Lipinski definition) is 1. The summed E-state index contributed by atoms with van der Waals surface area (Å²) in [6, 6.07) is 15.8. The van der Waals surface area contributed by atoms with Crippen LogP contribution in [0.2, 0.25) is 10.0 Å². The van der Waals surface area contributed by atoms with Gasteiger partial charge in [0.2, 0.25) is 0 Å². The fraction of sp³-hybridized carbons (Fsp3) is 0.211. The third-order valence-electron chi connectivity index (χ3n) is 4.21. The minimum Gasteiger partial charge on any atom is -0.296 e. The van der Waals surface area contributed by atoms with Crippen molar-refractivity contribution in [3.8, 4) is 16.9 Å². The van der Waals surface area contributed by atoms with E-state index in [2.05, 4.69) is 15.6 Å². The lowest BCUT2D eigenvalue weighted by Crippen LogP contribution is -2.04. The molecule has 1 aromatic heterocycles. The molecule has 1 fully saturated rings. The highest BCUT2D eigenvalue weighted by atomic mass is 35.5. The van der Waals surface area contributed by atoms with Gasteiger partial charge in [0.25, 0.3) is 0 Å². The standard InChI is InChI=1S/C19H16Cl2N2/c20-15-6-8-17(9-7-15)23-18(14-2-1-3-16(21)11-14)12-22-19(23)10-13-4-5-13/h1-3,6-9,11-13H,4-5,10H2. The summed E-state index contributed by atoms with van der Waals surface area (Å²) in [4.78, 5) is 4.69. The van der Waals surface area contributed by atoms with E-state index in [1.165, 1.54) is 12.8 Å². The molecule has 0 atom stereocenters. The molecule has 1 aliphatic rings. The zero-order chi connectivity index (χ0) is 15.8. The minimum atomic E-state index is 0.732. The van der Waals surface area contributed by atoms with Crippen molar-refractivity contribution < 1.29 is 0 Å². The molecular formula is C19H16Cl2N2. The molecule has 116 valence electrons. The molecule has 0 amide bonds. The summed E-state index contributed by atoms with van der Waals surface area (Å²) in [7, 11) is 0. The van der Waals surface area contributed by atoms with E-state index < -0.39 is 0 Å². The van der Waals surface area contributed by atoms with Crippen molar-refractivity contribution in [3.63, 3.8) is 0 Å². The van der Waals surface area contributed by atoms with Gasteiger partial charge in [0.05, 0.1) is 11.9 Å². The molecule has 2 aromatic carbocycles. The first kappa shape index (κ1) is 14.8. The van der Waals surface area contributed by atoms with E-state index in [1.807, 2.05) is 48.7 Å². The summed E-state index contributed by atoms with van der Waals surface area (Å²) in [5.41, 5.74) is 3.21. The second-order valence-electron chi connectivity index (χ2n) is 6.03. The Kier molecular flexibility index (Phi) is 3.88.